The molecule has 2 rings (SSSR count). The Bertz CT molecular complexity index is 862. The first-order valence-corrected chi connectivity index (χ1v) is 9.03. The van der Waals surface area contributed by atoms with Crippen molar-refractivity contribution in [3.63, 3.8) is 0 Å². The molecule has 10 heteroatoms. The zero-order chi connectivity index (χ0) is 21.8. The van der Waals surface area contributed by atoms with Crippen molar-refractivity contribution in [1.82, 2.24) is 14.5 Å². The van der Waals surface area contributed by atoms with Gasteiger partial charge in [0.05, 0.1) is 17.8 Å². The van der Waals surface area contributed by atoms with Gasteiger partial charge in [0.25, 0.3) is 0 Å². The number of imidazole rings is 1. The van der Waals surface area contributed by atoms with Gasteiger partial charge in [-0.3, -0.25) is 14.6 Å². The van der Waals surface area contributed by atoms with Crippen LogP contribution in [0.3, 0.4) is 0 Å². The number of aromatic nitrogens is 2. The number of carbonyl (C=O) groups excluding carboxylic acids is 2. The largest absolute Gasteiger partial charge is 0.416 e. The van der Waals surface area contributed by atoms with Crippen LogP contribution in [-0.4, -0.2) is 40.5 Å². The van der Waals surface area contributed by atoms with Gasteiger partial charge in [-0.15, -0.1) is 0 Å². The SMILES string of the molecule is CCCNc1nc(N(C)C(=O)N(C=O)Cc2ccc(C(F)(F)F)cc2)c(C)n1C. The average molecular weight is 411 g/mol. The Kier molecular flexibility index (Phi) is 6.89. The number of amides is 3. The molecular formula is C19H24F3N5O2. The van der Waals surface area contributed by atoms with E-state index in [1.165, 1.54) is 24.1 Å². The summed E-state index contributed by atoms with van der Waals surface area (Å²) in [6.07, 6.45) is -3.19. The van der Waals surface area contributed by atoms with Gasteiger partial charge in [-0.05, 0) is 31.0 Å². The number of anilines is 2. The molecule has 7 nitrogen and oxygen atoms in total. The minimum absolute atomic E-state index is 0.155. The quantitative estimate of drug-likeness (QED) is 0.704. The summed E-state index contributed by atoms with van der Waals surface area (Å²) in [4.78, 5) is 30.8. The molecule has 29 heavy (non-hydrogen) atoms. The number of rotatable bonds is 7. The first-order chi connectivity index (χ1) is 13.6. The van der Waals surface area contributed by atoms with Crippen LogP contribution >= 0.6 is 0 Å². The van der Waals surface area contributed by atoms with Crippen LogP contribution in [0.15, 0.2) is 24.3 Å². The van der Waals surface area contributed by atoms with Crippen LogP contribution in [0.25, 0.3) is 0 Å². The molecule has 1 aromatic carbocycles. The first-order valence-electron chi connectivity index (χ1n) is 9.03. The fraction of sp³-hybridized carbons (Fsp3) is 0.421. The highest BCUT2D eigenvalue weighted by atomic mass is 19.4. The zero-order valence-corrected chi connectivity index (χ0v) is 16.7. The van der Waals surface area contributed by atoms with Gasteiger partial charge in [-0.1, -0.05) is 19.1 Å². The Morgan fingerprint density at radius 2 is 1.90 bits per heavy atom. The summed E-state index contributed by atoms with van der Waals surface area (Å²) in [5.41, 5.74) is 0.327. The van der Waals surface area contributed by atoms with Gasteiger partial charge in [-0.2, -0.15) is 18.2 Å². The molecule has 2 aromatic rings. The summed E-state index contributed by atoms with van der Waals surface area (Å²) in [7, 11) is 3.30. The van der Waals surface area contributed by atoms with Crippen LogP contribution in [-0.2, 0) is 24.6 Å². The topological polar surface area (TPSA) is 70.5 Å². The van der Waals surface area contributed by atoms with E-state index in [4.69, 9.17) is 0 Å². The molecule has 0 radical (unpaired) electrons. The number of hydrogen-bond acceptors (Lipinski definition) is 4. The number of nitrogens with zero attached hydrogens (tertiary/aromatic N) is 4. The van der Waals surface area contributed by atoms with E-state index in [1.807, 2.05) is 14.0 Å². The maximum Gasteiger partial charge on any atom is 0.416 e. The van der Waals surface area contributed by atoms with Crippen molar-refractivity contribution in [2.75, 3.05) is 23.8 Å². The summed E-state index contributed by atoms with van der Waals surface area (Å²) in [6.45, 7) is 4.38. The molecule has 1 N–H and O–H groups in total. The predicted molar refractivity (Wildman–Crippen MR) is 104 cm³/mol. The van der Waals surface area contributed by atoms with Crippen LogP contribution in [0.5, 0.6) is 0 Å². The first kappa shape index (κ1) is 22.3. The second-order valence-corrected chi connectivity index (χ2v) is 6.60. The van der Waals surface area contributed by atoms with Crippen molar-refractivity contribution in [1.29, 1.82) is 0 Å². The standard InChI is InChI=1S/C19H24F3N5O2/c1-5-10-23-17-24-16(13(2)25(17)3)26(4)18(29)27(12-28)11-14-6-8-15(9-7-14)19(20,21)22/h6-9,12H,5,10-11H2,1-4H3,(H,23,24). The molecule has 1 heterocycles. The highest BCUT2D eigenvalue weighted by Gasteiger charge is 2.30. The Labute approximate surface area is 167 Å². The van der Waals surface area contributed by atoms with Gasteiger partial charge in [0.2, 0.25) is 12.4 Å². The van der Waals surface area contributed by atoms with E-state index in [0.717, 1.165) is 35.7 Å². The minimum Gasteiger partial charge on any atom is -0.356 e. The maximum atomic E-state index is 12.8. The van der Waals surface area contributed by atoms with Gasteiger partial charge in [0.15, 0.2) is 5.82 Å². The predicted octanol–water partition coefficient (Wildman–Crippen LogP) is 3.78. The van der Waals surface area contributed by atoms with E-state index < -0.39 is 17.8 Å². The second-order valence-electron chi connectivity index (χ2n) is 6.60. The molecule has 158 valence electrons. The van der Waals surface area contributed by atoms with Crippen LogP contribution in [0.2, 0.25) is 0 Å². The molecule has 0 fully saturated rings. The highest BCUT2D eigenvalue weighted by molar-refractivity contribution is 5.97. The van der Waals surface area contributed by atoms with Gasteiger partial charge < -0.3 is 9.88 Å². The van der Waals surface area contributed by atoms with Crippen molar-refractivity contribution in [3.05, 3.63) is 41.1 Å². The molecule has 0 saturated carbocycles. The van der Waals surface area contributed by atoms with Gasteiger partial charge in [0, 0.05) is 20.6 Å². The maximum absolute atomic E-state index is 12.8. The lowest BCUT2D eigenvalue weighted by molar-refractivity contribution is -0.137. The third-order valence-corrected chi connectivity index (χ3v) is 4.50. The Morgan fingerprint density at radius 1 is 1.28 bits per heavy atom. The summed E-state index contributed by atoms with van der Waals surface area (Å²) in [5.74, 6) is 0.981. The average Bonchev–Trinajstić information content (AvgIpc) is 2.97. The molecular weight excluding hydrogens is 387 g/mol. The molecule has 0 aliphatic heterocycles. The molecule has 0 atom stereocenters. The van der Waals surface area contributed by atoms with Gasteiger partial charge >= 0.3 is 12.2 Å². The number of alkyl halides is 3. The third-order valence-electron chi connectivity index (χ3n) is 4.50. The lowest BCUT2D eigenvalue weighted by atomic mass is 10.1. The van der Waals surface area contributed by atoms with Gasteiger partial charge in [0.1, 0.15) is 0 Å². The summed E-state index contributed by atoms with van der Waals surface area (Å²) in [5, 5.41) is 3.16. The second kappa shape index (κ2) is 8.97. The van der Waals surface area contributed by atoms with Crippen LogP contribution in [0.1, 0.15) is 30.2 Å². The molecule has 0 saturated heterocycles. The Hall–Kier alpha value is -3.04. The lowest BCUT2D eigenvalue weighted by Gasteiger charge is -2.23. The van der Waals surface area contributed by atoms with Crippen molar-refractivity contribution >= 4 is 24.2 Å². The third kappa shape index (κ3) is 5.07. The van der Waals surface area contributed by atoms with E-state index >= 15 is 0 Å². The number of hydrogen-bond donors (Lipinski definition) is 1. The number of nitrogens with one attached hydrogen (secondary N) is 1. The highest BCUT2D eigenvalue weighted by Crippen LogP contribution is 2.29. The van der Waals surface area contributed by atoms with E-state index in [9.17, 15) is 22.8 Å². The molecule has 3 amide bonds. The van der Waals surface area contributed by atoms with Crippen molar-refractivity contribution in [3.8, 4) is 0 Å². The number of imide groups is 1. The zero-order valence-electron chi connectivity index (χ0n) is 16.7. The van der Waals surface area contributed by atoms with Crippen molar-refractivity contribution in [2.45, 2.75) is 33.0 Å². The number of halogens is 3. The van der Waals surface area contributed by atoms with E-state index in [-0.39, 0.29) is 6.54 Å². The lowest BCUT2D eigenvalue weighted by Crippen LogP contribution is -2.40. The van der Waals surface area contributed by atoms with E-state index in [2.05, 4.69) is 10.3 Å². The number of benzene rings is 1. The number of urea groups is 1. The summed E-state index contributed by atoms with van der Waals surface area (Å²) < 4.78 is 39.8. The molecule has 0 unspecified atom stereocenters. The van der Waals surface area contributed by atoms with E-state index in [0.29, 0.717) is 23.7 Å². The molecule has 0 aliphatic rings. The summed E-state index contributed by atoms with van der Waals surface area (Å²) in [6, 6.07) is 3.68. The number of carbonyl (C=O) groups is 2. The van der Waals surface area contributed by atoms with Crippen LogP contribution in [0.4, 0.5) is 29.7 Å². The molecule has 0 bridgehead atoms. The fourth-order valence-corrected chi connectivity index (χ4v) is 2.71. The monoisotopic (exact) mass is 411 g/mol. The minimum atomic E-state index is -4.45. The molecule has 0 aliphatic carbocycles. The Balaban J connectivity index is 2.17. The van der Waals surface area contributed by atoms with Crippen LogP contribution in [0, 0.1) is 6.92 Å². The van der Waals surface area contributed by atoms with Gasteiger partial charge in [-0.25, -0.2) is 4.79 Å². The van der Waals surface area contributed by atoms with Crippen molar-refractivity contribution in [2.24, 2.45) is 7.05 Å². The summed E-state index contributed by atoms with van der Waals surface area (Å²) >= 11 is 0. The smallest absolute Gasteiger partial charge is 0.356 e. The van der Waals surface area contributed by atoms with Crippen LogP contribution < -0.4 is 10.2 Å². The molecule has 1 aromatic heterocycles. The van der Waals surface area contributed by atoms with E-state index in [1.54, 1.807) is 11.5 Å². The fourth-order valence-electron chi connectivity index (χ4n) is 2.71. The van der Waals surface area contributed by atoms with Crippen molar-refractivity contribution < 1.29 is 22.8 Å². The molecule has 0 spiro atoms. The Morgan fingerprint density at radius 3 is 2.41 bits per heavy atom. The normalized spacial score (nSPS) is 11.3.